The largest absolute Gasteiger partial charge is 0.354 e. The summed E-state index contributed by atoms with van der Waals surface area (Å²) in [5.74, 6) is 0.0401. The number of hydrogen-bond acceptors (Lipinski definition) is 3. The van der Waals surface area contributed by atoms with Gasteiger partial charge in [-0.15, -0.1) is 0 Å². The molecule has 0 aromatic carbocycles. The minimum absolute atomic E-state index is 0.0401. The molecule has 1 aliphatic carbocycles. The molecule has 0 atom stereocenters. The zero-order valence-electron chi connectivity index (χ0n) is 9.64. The topological polar surface area (TPSA) is 67.1 Å². The Morgan fingerprint density at radius 3 is 2.53 bits per heavy atom. The van der Waals surface area contributed by atoms with Crippen LogP contribution in [-0.2, 0) is 4.79 Å². The Morgan fingerprint density at radius 1 is 1.27 bits per heavy atom. The third-order valence-electron chi connectivity index (χ3n) is 3.09. The van der Waals surface area contributed by atoms with Gasteiger partial charge in [-0.25, -0.2) is 0 Å². The number of nitrogens with two attached hydrogens (primary N) is 1. The molecule has 1 aliphatic rings. The molecule has 1 amide bonds. The fourth-order valence-corrected chi connectivity index (χ4v) is 2.05. The maximum Gasteiger partial charge on any atom is 0.240 e. The molecule has 0 spiro atoms. The predicted octanol–water partition coefficient (Wildman–Crippen LogP) is 0.374. The molecule has 0 bridgehead atoms. The lowest BCUT2D eigenvalue weighted by atomic mass is 9.82. The second-order valence-corrected chi connectivity index (χ2v) is 4.43. The molecule has 1 fully saturated rings. The van der Waals surface area contributed by atoms with Crippen molar-refractivity contribution in [3.63, 3.8) is 0 Å². The summed E-state index contributed by atoms with van der Waals surface area (Å²) >= 11 is 0. The number of carbonyl (C=O) groups excluding carboxylic acids is 1. The first-order chi connectivity index (χ1) is 7.19. The minimum Gasteiger partial charge on any atom is -0.354 e. The molecule has 4 N–H and O–H groups in total. The van der Waals surface area contributed by atoms with Crippen molar-refractivity contribution in [2.45, 2.75) is 44.1 Å². The highest BCUT2D eigenvalue weighted by Crippen LogP contribution is 2.25. The van der Waals surface area contributed by atoms with Crippen molar-refractivity contribution >= 4 is 5.91 Å². The molecule has 0 aliphatic heterocycles. The van der Waals surface area contributed by atoms with E-state index in [4.69, 9.17) is 5.73 Å². The summed E-state index contributed by atoms with van der Waals surface area (Å²) in [6.45, 7) is 1.65. The number of rotatable bonds is 5. The second kappa shape index (κ2) is 6.08. The Hall–Kier alpha value is -0.610. The fourth-order valence-electron chi connectivity index (χ4n) is 2.05. The Bertz CT molecular complexity index is 200. The van der Waals surface area contributed by atoms with Gasteiger partial charge in [0.1, 0.15) is 0 Å². The summed E-state index contributed by atoms with van der Waals surface area (Å²) in [7, 11) is 1.91. The van der Waals surface area contributed by atoms with Gasteiger partial charge in [0.05, 0.1) is 5.54 Å². The van der Waals surface area contributed by atoms with Crippen LogP contribution in [0.4, 0.5) is 0 Å². The molecule has 4 nitrogen and oxygen atoms in total. The lowest BCUT2D eigenvalue weighted by Crippen LogP contribution is -2.55. The van der Waals surface area contributed by atoms with Crippen molar-refractivity contribution < 1.29 is 4.79 Å². The lowest BCUT2D eigenvalue weighted by Gasteiger charge is -2.31. The van der Waals surface area contributed by atoms with Crippen molar-refractivity contribution in [2.24, 2.45) is 5.73 Å². The van der Waals surface area contributed by atoms with Crippen molar-refractivity contribution in [3.8, 4) is 0 Å². The smallest absolute Gasteiger partial charge is 0.240 e. The zero-order chi connectivity index (χ0) is 11.1. The average molecular weight is 213 g/mol. The van der Waals surface area contributed by atoms with E-state index < -0.39 is 5.54 Å². The summed E-state index contributed by atoms with van der Waals surface area (Å²) in [4.78, 5) is 11.8. The molecule has 88 valence electrons. The van der Waals surface area contributed by atoms with Crippen molar-refractivity contribution in [3.05, 3.63) is 0 Å². The molecule has 0 aromatic heterocycles. The Morgan fingerprint density at radius 2 is 1.93 bits per heavy atom. The van der Waals surface area contributed by atoms with Gasteiger partial charge in [-0.3, -0.25) is 4.79 Å². The van der Waals surface area contributed by atoms with Crippen LogP contribution in [0.3, 0.4) is 0 Å². The standard InChI is InChI=1S/C11H23N3O/c1-13-8-5-9-14-10(15)11(12)6-3-2-4-7-11/h13H,2-9,12H2,1H3,(H,14,15). The third kappa shape index (κ3) is 3.80. The van der Waals surface area contributed by atoms with Crippen LogP contribution in [0.1, 0.15) is 38.5 Å². The summed E-state index contributed by atoms with van der Waals surface area (Å²) in [5.41, 5.74) is 5.50. The molecular formula is C11H23N3O. The quantitative estimate of drug-likeness (QED) is 0.578. The Balaban J connectivity index is 2.25. The number of carbonyl (C=O) groups is 1. The summed E-state index contributed by atoms with van der Waals surface area (Å²) in [6.07, 6.45) is 6.01. The highest BCUT2D eigenvalue weighted by molar-refractivity contribution is 5.86. The van der Waals surface area contributed by atoms with E-state index in [1.807, 2.05) is 7.05 Å². The van der Waals surface area contributed by atoms with E-state index in [1.54, 1.807) is 0 Å². The van der Waals surface area contributed by atoms with Crippen LogP contribution >= 0.6 is 0 Å². The maximum absolute atomic E-state index is 11.8. The molecule has 1 saturated carbocycles. The van der Waals surface area contributed by atoms with Gasteiger partial charge < -0.3 is 16.4 Å². The zero-order valence-corrected chi connectivity index (χ0v) is 9.64. The van der Waals surface area contributed by atoms with Crippen LogP contribution in [0, 0.1) is 0 Å². The van der Waals surface area contributed by atoms with Gasteiger partial charge in [-0.05, 0) is 32.9 Å². The van der Waals surface area contributed by atoms with E-state index in [0.29, 0.717) is 0 Å². The van der Waals surface area contributed by atoms with Crippen molar-refractivity contribution in [1.82, 2.24) is 10.6 Å². The molecule has 0 unspecified atom stereocenters. The van der Waals surface area contributed by atoms with Crippen LogP contribution in [0.15, 0.2) is 0 Å². The first-order valence-corrected chi connectivity index (χ1v) is 5.91. The van der Waals surface area contributed by atoms with Crippen molar-refractivity contribution in [2.75, 3.05) is 20.1 Å². The van der Waals surface area contributed by atoms with E-state index in [2.05, 4.69) is 10.6 Å². The summed E-state index contributed by atoms with van der Waals surface area (Å²) in [5, 5.41) is 5.97. The minimum atomic E-state index is -0.585. The summed E-state index contributed by atoms with van der Waals surface area (Å²) in [6, 6.07) is 0. The monoisotopic (exact) mass is 213 g/mol. The van der Waals surface area contributed by atoms with Gasteiger partial charge in [-0.1, -0.05) is 19.3 Å². The molecule has 0 saturated heterocycles. The van der Waals surface area contributed by atoms with Crippen LogP contribution in [0.25, 0.3) is 0 Å². The maximum atomic E-state index is 11.8. The van der Waals surface area contributed by atoms with Gasteiger partial charge in [0.15, 0.2) is 0 Å². The van der Waals surface area contributed by atoms with Gasteiger partial charge in [0.25, 0.3) is 0 Å². The van der Waals surface area contributed by atoms with Gasteiger partial charge >= 0.3 is 0 Å². The second-order valence-electron chi connectivity index (χ2n) is 4.43. The van der Waals surface area contributed by atoms with Crippen LogP contribution in [0.2, 0.25) is 0 Å². The summed E-state index contributed by atoms with van der Waals surface area (Å²) < 4.78 is 0. The molecular weight excluding hydrogens is 190 g/mol. The van der Waals surface area contributed by atoms with Crippen LogP contribution < -0.4 is 16.4 Å². The first kappa shape index (κ1) is 12.5. The molecule has 15 heavy (non-hydrogen) atoms. The van der Waals surface area contributed by atoms with E-state index >= 15 is 0 Å². The molecule has 4 heteroatoms. The van der Waals surface area contributed by atoms with Gasteiger partial charge in [-0.2, -0.15) is 0 Å². The van der Waals surface area contributed by atoms with E-state index in [1.165, 1.54) is 6.42 Å². The van der Waals surface area contributed by atoms with Crippen LogP contribution in [-0.4, -0.2) is 31.6 Å². The van der Waals surface area contributed by atoms with Gasteiger partial charge in [0.2, 0.25) is 5.91 Å². The third-order valence-corrected chi connectivity index (χ3v) is 3.09. The SMILES string of the molecule is CNCCCNC(=O)C1(N)CCCCC1. The highest BCUT2D eigenvalue weighted by atomic mass is 16.2. The Labute approximate surface area is 92.0 Å². The molecule has 1 rings (SSSR count). The average Bonchev–Trinajstić information content (AvgIpc) is 2.25. The fraction of sp³-hybridized carbons (Fsp3) is 0.909. The van der Waals surface area contributed by atoms with E-state index in [0.717, 1.165) is 45.2 Å². The van der Waals surface area contributed by atoms with Crippen molar-refractivity contribution in [1.29, 1.82) is 0 Å². The number of nitrogens with one attached hydrogen (secondary N) is 2. The normalized spacial score (nSPS) is 19.9. The van der Waals surface area contributed by atoms with Gasteiger partial charge in [0, 0.05) is 6.54 Å². The van der Waals surface area contributed by atoms with Crippen LogP contribution in [0.5, 0.6) is 0 Å². The Kier molecular flexibility index (Phi) is 5.05. The number of hydrogen-bond donors (Lipinski definition) is 3. The number of amides is 1. The first-order valence-electron chi connectivity index (χ1n) is 5.91. The van der Waals surface area contributed by atoms with E-state index in [-0.39, 0.29) is 5.91 Å². The molecule has 0 aromatic rings. The predicted molar refractivity (Wildman–Crippen MR) is 61.6 cm³/mol. The lowest BCUT2D eigenvalue weighted by molar-refractivity contribution is -0.127. The molecule has 0 heterocycles. The molecule has 0 radical (unpaired) electrons. The van der Waals surface area contributed by atoms with E-state index in [9.17, 15) is 4.79 Å². The highest BCUT2D eigenvalue weighted by Gasteiger charge is 2.34.